The highest BCUT2D eigenvalue weighted by Gasteiger charge is 2.14. The summed E-state index contributed by atoms with van der Waals surface area (Å²) < 4.78 is 0. The normalized spacial score (nSPS) is 12.3. The van der Waals surface area contributed by atoms with E-state index in [0.717, 1.165) is 41.5 Å². The monoisotopic (exact) mass is 321 g/mol. The van der Waals surface area contributed by atoms with Gasteiger partial charge >= 0.3 is 0 Å². The van der Waals surface area contributed by atoms with E-state index in [4.69, 9.17) is 23.2 Å². The van der Waals surface area contributed by atoms with E-state index < -0.39 is 0 Å². The maximum absolute atomic E-state index is 6.31. The van der Waals surface area contributed by atoms with Gasteiger partial charge in [0, 0.05) is 22.5 Å². The van der Waals surface area contributed by atoms with Crippen molar-refractivity contribution in [1.82, 2.24) is 5.32 Å². The van der Waals surface area contributed by atoms with Crippen LogP contribution in [0.25, 0.3) is 0 Å². The first kappa shape index (κ1) is 16.4. The molecule has 0 radical (unpaired) electrons. The molecule has 0 aliphatic heterocycles. The Balaban J connectivity index is 2.17. The number of halogens is 2. The summed E-state index contributed by atoms with van der Waals surface area (Å²) in [5.41, 5.74) is 2.44. The summed E-state index contributed by atoms with van der Waals surface area (Å²) in [6, 6.07) is 16.3. The lowest BCUT2D eigenvalue weighted by Crippen LogP contribution is -2.23. The standard InChI is InChI=1S/C18H21Cl2N/c1-2-10-21-13-16(14-6-4-3-5-7-14)11-15-12-17(19)8-9-18(15)20/h3-9,12,16,21H,2,10-11,13H2,1H3. The van der Waals surface area contributed by atoms with Crippen LogP contribution in [-0.2, 0) is 6.42 Å². The molecule has 1 nitrogen and oxygen atoms in total. The van der Waals surface area contributed by atoms with Gasteiger partial charge in [0.2, 0.25) is 0 Å². The quantitative estimate of drug-likeness (QED) is 0.680. The molecule has 0 saturated heterocycles. The van der Waals surface area contributed by atoms with Crippen molar-refractivity contribution in [2.45, 2.75) is 25.7 Å². The zero-order chi connectivity index (χ0) is 15.1. The van der Waals surface area contributed by atoms with Crippen molar-refractivity contribution in [3.63, 3.8) is 0 Å². The largest absolute Gasteiger partial charge is 0.316 e. The van der Waals surface area contributed by atoms with Gasteiger partial charge in [-0.15, -0.1) is 0 Å². The third-order valence-electron chi connectivity index (χ3n) is 3.56. The summed E-state index contributed by atoms with van der Waals surface area (Å²) in [6.45, 7) is 4.16. The summed E-state index contributed by atoms with van der Waals surface area (Å²) in [5, 5.41) is 5.04. The van der Waals surface area contributed by atoms with Crippen molar-refractivity contribution in [2.24, 2.45) is 0 Å². The molecule has 1 unspecified atom stereocenters. The van der Waals surface area contributed by atoms with Gasteiger partial charge in [-0.2, -0.15) is 0 Å². The fraction of sp³-hybridized carbons (Fsp3) is 0.333. The highest BCUT2D eigenvalue weighted by atomic mass is 35.5. The molecule has 0 fully saturated rings. The maximum atomic E-state index is 6.31. The second kappa shape index (κ2) is 8.43. The smallest absolute Gasteiger partial charge is 0.0439 e. The SMILES string of the molecule is CCCNCC(Cc1cc(Cl)ccc1Cl)c1ccccc1. The maximum Gasteiger partial charge on any atom is 0.0439 e. The van der Waals surface area contributed by atoms with Crippen molar-refractivity contribution in [3.05, 3.63) is 69.7 Å². The molecule has 112 valence electrons. The molecular formula is C18H21Cl2N. The van der Waals surface area contributed by atoms with Crippen LogP contribution in [0.4, 0.5) is 0 Å². The molecule has 0 saturated carbocycles. The number of hydrogen-bond acceptors (Lipinski definition) is 1. The van der Waals surface area contributed by atoms with E-state index in [0.29, 0.717) is 5.92 Å². The number of benzene rings is 2. The van der Waals surface area contributed by atoms with Crippen LogP contribution in [0.15, 0.2) is 48.5 Å². The van der Waals surface area contributed by atoms with Gasteiger partial charge < -0.3 is 5.32 Å². The van der Waals surface area contributed by atoms with Crippen LogP contribution in [0.2, 0.25) is 10.0 Å². The molecule has 0 aromatic heterocycles. The molecule has 0 bridgehead atoms. The number of rotatable bonds is 7. The van der Waals surface area contributed by atoms with E-state index in [2.05, 4.69) is 36.5 Å². The first-order valence-electron chi connectivity index (χ1n) is 7.40. The van der Waals surface area contributed by atoms with Crippen molar-refractivity contribution >= 4 is 23.2 Å². The minimum atomic E-state index is 0.397. The highest BCUT2D eigenvalue weighted by molar-refractivity contribution is 6.33. The molecule has 3 heteroatoms. The van der Waals surface area contributed by atoms with E-state index in [1.54, 1.807) is 0 Å². The van der Waals surface area contributed by atoms with Crippen molar-refractivity contribution in [2.75, 3.05) is 13.1 Å². The predicted molar refractivity (Wildman–Crippen MR) is 92.5 cm³/mol. The first-order valence-corrected chi connectivity index (χ1v) is 8.16. The zero-order valence-corrected chi connectivity index (χ0v) is 13.8. The number of nitrogens with one attached hydrogen (secondary N) is 1. The van der Waals surface area contributed by atoms with Gasteiger partial charge in [0.15, 0.2) is 0 Å². The molecule has 0 heterocycles. The van der Waals surface area contributed by atoms with Gasteiger partial charge in [-0.25, -0.2) is 0 Å². The van der Waals surface area contributed by atoms with Gasteiger partial charge in [-0.05, 0) is 48.7 Å². The second-order valence-electron chi connectivity index (χ2n) is 5.25. The predicted octanol–water partition coefficient (Wildman–Crippen LogP) is 5.32. The molecule has 0 aliphatic rings. The molecule has 1 atom stereocenters. The number of hydrogen-bond donors (Lipinski definition) is 1. The topological polar surface area (TPSA) is 12.0 Å². The van der Waals surface area contributed by atoms with Gasteiger partial charge in [0.05, 0.1) is 0 Å². The van der Waals surface area contributed by atoms with E-state index in [1.165, 1.54) is 5.56 Å². The van der Waals surface area contributed by atoms with E-state index >= 15 is 0 Å². The van der Waals surface area contributed by atoms with Crippen LogP contribution < -0.4 is 5.32 Å². The first-order chi connectivity index (χ1) is 10.2. The average Bonchev–Trinajstić information content (AvgIpc) is 2.51. The molecule has 2 aromatic rings. The molecular weight excluding hydrogens is 301 g/mol. The van der Waals surface area contributed by atoms with Crippen LogP contribution in [0.5, 0.6) is 0 Å². The van der Waals surface area contributed by atoms with E-state index in [-0.39, 0.29) is 0 Å². The minimum absolute atomic E-state index is 0.397. The van der Waals surface area contributed by atoms with Crippen LogP contribution in [0, 0.1) is 0 Å². The van der Waals surface area contributed by atoms with Gasteiger partial charge in [0.25, 0.3) is 0 Å². The lowest BCUT2D eigenvalue weighted by atomic mass is 9.92. The van der Waals surface area contributed by atoms with Crippen LogP contribution in [0.3, 0.4) is 0 Å². The van der Waals surface area contributed by atoms with Crippen LogP contribution >= 0.6 is 23.2 Å². The molecule has 0 aliphatic carbocycles. The lowest BCUT2D eigenvalue weighted by molar-refractivity contribution is 0.576. The van der Waals surface area contributed by atoms with Gasteiger partial charge in [-0.3, -0.25) is 0 Å². The van der Waals surface area contributed by atoms with Crippen molar-refractivity contribution < 1.29 is 0 Å². The lowest BCUT2D eigenvalue weighted by Gasteiger charge is -2.19. The van der Waals surface area contributed by atoms with Crippen LogP contribution in [0.1, 0.15) is 30.4 Å². The minimum Gasteiger partial charge on any atom is -0.316 e. The summed E-state index contributed by atoms with van der Waals surface area (Å²) in [6.07, 6.45) is 2.03. The Morgan fingerprint density at radius 1 is 1.05 bits per heavy atom. The Hall–Kier alpha value is -1.02. The molecule has 0 spiro atoms. The Morgan fingerprint density at radius 3 is 2.52 bits per heavy atom. The van der Waals surface area contributed by atoms with Crippen molar-refractivity contribution in [3.8, 4) is 0 Å². The Morgan fingerprint density at radius 2 is 1.81 bits per heavy atom. The Labute approximate surface area is 137 Å². The average molecular weight is 322 g/mol. The van der Waals surface area contributed by atoms with E-state index in [9.17, 15) is 0 Å². The Bertz CT molecular complexity index is 554. The van der Waals surface area contributed by atoms with E-state index in [1.807, 2.05) is 24.3 Å². The summed E-state index contributed by atoms with van der Waals surface area (Å²) in [5.74, 6) is 0.397. The fourth-order valence-corrected chi connectivity index (χ4v) is 2.84. The molecule has 2 rings (SSSR count). The summed E-state index contributed by atoms with van der Waals surface area (Å²) in [7, 11) is 0. The fourth-order valence-electron chi connectivity index (χ4n) is 2.45. The zero-order valence-electron chi connectivity index (χ0n) is 12.3. The third kappa shape index (κ3) is 5.03. The Kier molecular flexibility index (Phi) is 6.56. The van der Waals surface area contributed by atoms with Crippen molar-refractivity contribution in [1.29, 1.82) is 0 Å². The third-order valence-corrected chi connectivity index (χ3v) is 4.17. The van der Waals surface area contributed by atoms with Crippen LogP contribution in [-0.4, -0.2) is 13.1 Å². The molecule has 0 amide bonds. The second-order valence-corrected chi connectivity index (χ2v) is 6.10. The molecule has 2 aromatic carbocycles. The molecule has 21 heavy (non-hydrogen) atoms. The van der Waals surface area contributed by atoms with Gasteiger partial charge in [-0.1, -0.05) is 60.5 Å². The van der Waals surface area contributed by atoms with Gasteiger partial charge in [0.1, 0.15) is 0 Å². The highest BCUT2D eigenvalue weighted by Crippen LogP contribution is 2.27. The summed E-state index contributed by atoms with van der Waals surface area (Å²) in [4.78, 5) is 0. The summed E-state index contributed by atoms with van der Waals surface area (Å²) >= 11 is 12.4. The molecule has 1 N–H and O–H groups in total.